The second-order valence-electron chi connectivity index (χ2n) is 4.13. The van der Waals surface area contributed by atoms with Crippen molar-refractivity contribution in [3.63, 3.8) is 0 Å². The zero-order valence-electron chi connectivity index (χ0n) is 9.28. The average Bonchev–Trinajstić information content (AvgIpc) is 2.84. The quantitative estimate of drug-likeness (QED) is 0.798. The predicted octanol–water partition coefficient (Wildman–Crippen LogP) is 1.95. The fraction of sp³-hybridized carbons (Fsp3) is 0.583. The number of carbonyl (C=O) groups is 1. The highest BCUT2D eigenvalue weighted by Crippen LogP contribution is 2.12. The van der Waals surface area contributed by atoms with Crippen molar-refractivity contribution in [1.82, 2.24) is 5.32 Å². The summed E-state index contributed by atoms with van der Waals surface area (Å²) in [6, 6.07) is 3.74. The molecule has 2 rings (SSSR count). The maximum atomic E-state index is 11.6. The molecule has 1 aromatic rings. The van der Waals surface area contributed by atoms with Crippen LogP contribution in [0.25, 0.3) is 0 Å². The number of carbonyl (C=O) groups excluding carboxylic acids is 1. The van der Waals surface area contributed by atoms with Gasteiger partial charge in [-0.3, -0.25) is 4.79 Å². The van der Waals surface area contributed by atoms with Crippen molar-refractivity contribution in [2.45, 2.75) is 12.8 Å². The summed E-state index contributed by atoms with van der Waals surface area (Å²) >= 11 is 1.48. The van der Waals surface area contributed by atoms with Gasteiger partial charge in [0.25, 0.3) is 0 Å². The van der Waals surface area contributed by atoms with Crippen LogP contribution in [0.3, 0.4) is 0 Å². The van der Waals surface area contributed by atoms with Crippen LogP contribution in [0.15, 0.2) is 17.5 Å². The molecule has 1 aliphatic heterocycles. The summed E-state index contributed by atoms with van der Waals surface area (Å²) in [6.07, 6.45) is 2.42. The molecular formula is C12H17NO2S. The zero-order chi connectivity index (χ0) is 11.2. The largest absolute Gasteiger partial charge is 0.373 e. The summed E-state index contributed by atoms with van der Waals surface area (Å²) in [5.41, 5.74) is 0. The molecule has 2 heterocycles. The summed E-state index contributed by atoms with van der Waals surface area (Å²) in [5.74, 6) is 0.670. The Morgan fingerprint density at radius 1 is 1.62 bits per heavy atom. The molecule has 1 aliphatic rings. The first kappa shape index (κ1) is 11.8. The fourth-order valence-electron chi connectivity index (χ4n) is 1.89. The third kappa shape index (κ3) is 3.40. The number of thiophene rings is 1. The van der Waals surface area contributed by atoms with Gasteiger partial charge in [0.05, 0.1) is 11.5 Å². The van der Waals surface area contributed by atoms with Crippen molar-refractivity contribution in [2.24, 2.45) is 5.92 Å². The van der Waals surface area contributed by atoms with E-state index in [0.717, 1.165) is 18.0 Å². The molecule has 0 saturated carbocycles. The van der Waals surface area contributed by atoms with Crippen LogP contribution in [-0.2, 0) is 4.74 Å². The Morgan fingerprint density at radius 3 is 3.25 bits per heavy atom. The first-order chi connectivity index (χ1) is 7.86. The van der Waals surface area contributed by atoms with Crippen LogP contribution in [0.4, 0.5) is 0 Å². The maximum absolute atomic E-state index is 11.6. The van der Waals surface area contributed by atoms with Gasteiger partial charge >= 0.3 is 0 Å². The Hall–Kier alpha value is -0.710. The van der Waals surface area contributed by atoms with E-state index < -0.39 is 0 Å². The van der Waals surface area contributed by atoms with Crippen LogP contribution in [-0.4, -0.2) is 32.1 Å². The number of hydrogen-bond donors (Lipinski definition) is 1. The lowest BCUT2D eigenvalue weighted by molar-refractivity contribution is 0.0649. The third-order valence-electron chi connectivity index (χ3n) is 2.78. The van der Waals surface area contributed by atoms with Gasteiger partial charge in [-0.05, 0) is 36.8 Å². The monoisotopic (exact) mass is 239 g/mol. The summed E-state index contributed by atoms with van der Waals surface area (Å²) in [6.45, 7) is 3.05. The minimum absolute atomic E-state index is 0.0961. The highest BCUT2D eigenvalue weighted by atomic mass is 32.1. The predicted molar refractivity (Wildman–Crippen MR) is 65.1 cm³/mol. The van der Waals surface area contributed by atoms with E-state index in [1.807, 2.05) is 17.5 Å². The van der Waals surface area contributed by atoms with Crippen molar-refractivity contribution >= 4 is 17.1 Å². The van der Waals surface area contributed by atoms with E-state index in [4.69, 9.17) is 4.74 Å². The van der Waals surface area contributed by atoms with Crippen molar-refractivity contribution in [3.8, 4) is 0 Å². The normalized spacial score (nSPS) is 20.9. The first-order valence-corrected chi connectivity index (χ1v) is 6.59. The number of Topliss-reactive ketones (excluding diaryl/α,β-unsaturated/α-hetero) is 1. The fourth-order valence-corrected chi connectivity index (χ4v) is 2.54. The lowest BCUT2D eigenvalue weighted by Gasteiger charge is -2.22. The molecule has 0 bridgehead atoms. The number of nitrogens with one attached hydrogen (secondary N) is 1. The third-order valence-corrected chi connectivity index (χ3v) is 3.69. The van der Waals surface area contributed by atoms with E-state index in [-0.39, 0.29) is 12.4 Å². The van der Waals surface area contributed by atoms with Crippen molar-refractivity contribution < 1.29 is 9.53 Å². The Kier molecular flexibility index (Phi) is 4.51. The van der Waals surface area contributed by atoms with Crippen LogP contribution >= 0.6 is 11.3 Å². The van der Waals surface area contributed by atoms with Crippen molar-refractivity contribution in [2.75, 3.05) is 26.3 Å². The molecule has 1 N–H and O–H groups in total. The minimum atomic E-state index is 0.0961. The van der Waals surface area contributed by atoms with Crippen LogP contribution in [0.5, 0.6) is 0 Å². The average molecular weight is 239 g/mol. The summed E-state index contributed by atoms with van der Waals surface area (Å²) in [5, 5.41) is 5.25. The van der Waals surface area contributed by atoms with Gasteiger partial charge in [-0.1, -0.05) is 6.07 Å². The molecule has 1 atom stereocenters. The summed E-state index contributed by atoms with van der Waals surface area (Å²) in [4.78, 5) is 12.4. The van der Waals surface area contributed by atoms with Gasteiger partial charge in [-0.25, -0.2) is 0 Å². The highest BCUT2D eigenvalue weighted by Gasteiger charge is 2.14. The van der Waals surface area contributed by atoms with Crippen LogP contribution in [0, 0.1) is 5.92 Å². The van der Waals surface area contributed by atoms with E-state index in [0.29, 0.717) is 12.5 Å². The maximum Gasteiger partial charge on any atom is 0.198 e. The molecule has 0 unspecified atom stereocenters. The standard InChI is InChI=1S/C12H17NO2S/c14-11(12-4-2-6-16-12)9-15-8-10-3-1-5-13-7-10/h2,4,6,10,13H,1,3,5,7-9H2/t10-/m0/s1. The number of piperidine rings is 1. The second kappa shape index (κ2) is 6.13. The van der Waals surface area contributed by atoms with E-state index in [1.165, 1.54) is 24.2 Å². The minimum Gasteiger partial charge on any atom is -0.373 e. The molecular weight excluding hydrogens is 222 g/mol. The Morgan fingerprint density at radius 2 is 2.56 bits per heavy atom. The molecule has 0 radical (unpaired) electrons. The van der Waals surface area contributed by atoms with Gasteiger partial charge in [0, 0.05) is 6.54 Å². The van der Waals surface area contributed by atoms with Crippen LogP contribution in [0.1, 0.15) is 22.5 Å². The van der Waals surface area contributed by atoms with E-state index >= 15 is 0 Å². The van der Waals surface area contributed by atoms with Crippen molar-refractivity contribution in [1.29, 1.82) is 0 Å². The Bertz CT molecular complexity index is 318. The summed E-state index contributed by atoms with van der Waals surface area (Å²) < 4.78 is 5.48. The van der Waals surface area contributed by atoms with Crippen LogP contribution in [0.2, 0.25) is 0 Å². The van der Waals surface area contributed by atoms with Gasteiger partial charge in [0.15, 0.2) is 5.78 Å². The molecule has 1 aromatic heterocycles. The molecule has 1 fully saturated rings. The van der Waals surface area contributed by atoms with Crippen molar-refractivity contribution in [3.05, 3.63) is 22.4 Å². The molecule has 3 nitrogen and oxygen atoms in total. The molecule has 0 spiro atoms. The molecule has 4 heteroatoms. The SMILES string of the molecule is O=C(COC[C@H]1CCCNC1)c1cccs1. The van der Waals surface area contributed by atoms with E-state index in [2.05, 4.69) is 5.32 Å². The molecule has 1 saturated heterocycles. The lowest BCUT2D eigenvalue weighted by Crippen LogP contribution is -2.32. The molecule has 0 amide bonds. The van der Waals surface area contributed by atoms with Gasteiger partial charge in [-0.15, -0.1) is 11.3 Å². The van der Waals surface area contributed by atoms with Gasteiger partial charge in [-0.2, -0.15) is 0 Å². The molecule has 88 valence electrons. The number of hydrogen-bond acceptors (Lipinski definition) is 4. The molecule has 16 heavy (non-hydrogen) atoms. The Labute approximate surface area is 99.8 Å². The highest BCUT2D eigenvalue weighted by molar-refractivity contribution is 7.12. The van der Waals surface area contributed by atoms with Gasteiger partial charge in [0.1, 0.15) is 6.61 Å². The van der Waals surface area contributed by atoms with Gasteiger partial charge < -0.3 is 10.1 Å². The molecule has 0 aromatic carbocycles. The Balaban J connectivity index is 1.66. The first-order valence-electron chi connectivity index (χ1n) is 5.71. The number of rotatable bonds is 5. The van der Waals surface area contributed by atoms with Gasteiger partial charge in [0.2, 0.25) is 0 Å². The van der Waals surface area contributed by atoms with E-state index in [1.54, 1.807) is 0 Å². The zero-order valence-corrected chi connectivity index (χ0v) is 10.1. The lowest BCUT2D eigenvalue weighted by atomic mass is 10.0. The topological polar surface area (TPSA) is 38.3 Å². The van der Waals surface area contributed by atoms with Crippen LogP contribution < -0.4 is 5.32 Å². The smallest absolute Gasteiger partial charge is 0.198 e. The van der Waals surface area contributed by atoms with E-state index in [9.17, 15) is 4.79 Å². The summed E-state index contributed by atoms with van der Waals surface area (Å²) in [7, 11) is 0. The number of ether oxygens (including phenoxy) is 1. The molecule has 0 aliphatic carbocycles. The number of ketones is 1. The second-order valence-corrected chi connectivity index (χ2v) is 5.08.